The number of hydrogen-bond donors (Lipinski definition) is 3. The summed E-state index contributed by atoms with van der Waals surface area (Å²) in [6, 6.07) is 8.26. The van der Waals surface area contributed by atoms with Crippen molar-refractivity contribution >= 4 is 23.7 Å². The topological polar surface area (TPSA) is 65.7 Å². The lowest BCUT2D eigenvalue weighted by molar-refractivity contribution is 1.07. The largest absolute Gasteiger partial charge is 0.355 e. The Morgan fingerprint density at radius 1 is 1.29 bits per heavy atom. The summed E-state index contributed by atoms with van der Waals surface area (Å²) >= 11 is 0. The maximum atomic E-state index is 5.55. The third-order valence-corrected chi connectivity index (χ3v) is 2.16. The third-order valence-electron chi connectivity index (χ3n) is 2.16. The van der Waals surface area contributed by atoms with E-state index in [2.05, 4.69) is 49.3 Å². The van der Waals surface area contributed by atoms with Crippen molar-refractivity contribution in [2.75, 3.05) is 0 Å². The Kier molecular flexibility index (Phi) is 6.84. The second-order valence-corrected chi connectivity index (χ2v) is 3.05. The first-order valence-electron chi connectivity index (χ1n) is 4.96. The maximum absolute atomic E-state index is 5.55. The van der Waals surface area contributed by atoms with Crippen LogP contribution in [0.25, 0.3) is 17.0 Å². The lowest BCUT2D eigenvalue weighted by Crippen LogP contribution is -1.94. The van der Waals surface area contributed by atoms with Crippen molar-refractivity contribution in [3.05, 3.63) is 42.1 Å². The molecule has 3 nitrogen and oxygen atoms in total. The fraction of sp³-hybridized carbons (Fsp3) is 0.0714. The Balaban J connectivity index is 0.000000581. The van der Waals surface area contributed by atoms with Gasteiger partial charge in [0.2, 0.25) is 0 Å². The molecule has 0 fully saturated rings. The van der Waals surface area contributed by atoms with E-state index >= 15 is 0 Å². The van der Waals surface area contributed by atoms with E-state index in [0.29, 0.717) is 6.54 Å². The standard InChI is InChI=1S/C11H12N2.C2H2.CH3N/c1-2-10-6-9-4-3-8(7-12)5-11(9)13-10;2*1-2/h2-6,13H,1,7,12H2;1-2H;2H,1H2. The van der Waals surface area contributed by atoms with E-state index in [-0.39, 0.29) is 0 Å². The monoisotopic (exact) mass is 227 g/mol. The highest BCUT2D eigenvalue weighted by Gasteiger charge is 1.98. The van der Waals surface area contributed by atoms with Gasteiger partial charge < -0.3 is 16.1 Å². The summed E-state index contributed by atoms with van der Waals surface area (Å²) in [7, 11) is 0. The summed E-state index contributed by atoms with van der Waals surface area (Å²) in [5, 5.41) is 6.70. The lowest BCUT2D eigenvalue weighted by Gasteiger charge is -1.95. The molecule has 1 aromatic heterocycles. The van der Waals surface area contributed by atoms with Gasteiger partial charge in [0.25, 0.3) is 0 Å². The molecule has 3 heteroatoms. The summed E-state index contributed by atoms with van der Waals surface area (Å²) in [4.78, 5) is 3.25. The van der Waals surface area contributed by atoms with Gasteiger partial charge in [-0.2, -0.15) is 0 Å². The zero-order chi connectivity index (χ0) is 13.3. The number of H-pyrrole nitrogens is 1. The minimum Gasteiger partial charge on any atom is -0.355 e. The van der Waals surface area contributed by atoms with Gasteiger partial charge in [0, 0.05) is 23.1 Å². The van der Waals surface area contributed by atoms with Gasteiger partial charge in [-0.3, -0.25) is 0 Å². The van der Waals surface area contributed by atoms with E-state index in [9.17, 15) is 0 Å². The number of benzene rings is 1. The molecule has 1 heterocycles. The fourth-order valence-corrected chi connectivity index (χ4v) is 1.43. The van der Waals surface area contributed by atoms with Gasteiger partial charge in [-0.25, -0.2) is 0 Å². The van der Waals surface area contributed by atoms with E-state index < -0.39 is 0 Å². The molecule has 0 saturated carbocycles. The molecule has 0 aliphatic rings. The molecule has 0 unspecified atom stereocenters. The van der Waals surface area contributed by atoms with Crippen molar-refractivity contribution in [3.63, 3.8) is 0 Å². The first-order valence-corrected chi connectivity index (χ1v) is 4.96. The number of aromatic nitrogens is 1. The second kappa shape index (κ2) is 7.91. The lowest BCUT2D eigenvalue weighted by atomic mass is 10.2. The number of rotatable bonds is 2. The molecule has 4 N–H and O–H groups in total. The third kappa shape index (κ3) is 3.63. The van der Waals surface area contributed by atoms with Crippen molar-refractivity contribution in [1.82, 2.24) is 4.98 Å². The number of fused-ring (bicyclic) bond motifs is 1. The molecule has 17 heavy (non-hydrogen) atoms. The van der Waals surface area contributed by atoms with Gasteiger partial charge in [-0.05, 0) is 30.5 Å². The van der Waals surface area contributed by atoms with Gasteiger partial charge >= 0.3 is 0 Å². The van der Waals surface area contributed by atoms with Crippen molar-refractivity contribution in [2.45, 2.75) is 6.54 Å². The fourth-order valence-electron chi connectivity index (χ4n) is 1.43. The zero-order valence-corrected chi connectivity index (χ0v) is 9.74. The van der Waals surface area contributed by atoms with Crippen LogP contribution < -0.4 is 5.73 Å². The predicted molar refractivity (Wildman–Crippen MR) is 76.0 cm³/mol. The first kappa shape index (κ1) is 14.7. The Labute approximate surface area is 102 Å². The van der Waals surface area contributed by atoms with Crippen LogP contribution >= 0.6 is 0 Å². The Hall–Kier alpha value is -2.31. The Bertz CT molecular complexity index is 494. The van der Waals surface area contributed by atoms with Gasteiger partial charge in [0.05, 0.1) is 0 Å². The molecule has 0 saturated heterocycles. The van der Waals surface area contributed by atoms with E-state index in [1.54, 1.807) is 0 Å². The van der Waals surface area contributed by atoms with Crippen molar-refractivity contribution < 1.29 is 0 Å². The highest BCUT2D eigenvalue weighted by molar-refractivity contribution is 5.83. The quantitative estimate of drug-likeness (QED) is 0.536. The van der Waals surface area contributed by atoms with Crippen molar-refractivity contribution in [1.29, 1.82) is 5.41 Å². The number of terminal acetylenes is 1. The van der Waals surface area contributed by atoms with E-state index in [1.165, 1.54) is 5.39 Å². The minimum absolute atomic E-state index is 0.582. The number of aromatic amines is 1. The van der Waals surface area contributed by atoms with Crippen LogP contribution in [-0.4, -0.2) is 11.7 Å². The van der Waals surface area contributed by atoms with Crippen LogP contribution in [0.1, 0.15) is 11.3 Å². The summed E-state index contributed by atoms with van der Waals surface area (Å²) in [6.45, 7) is 6.79. The van der Waals surface area contributed by atoms with Gasteiger partial charge in [0.15, 0.2) is 0 Å². The molecule has 0 aliphatic carbocycles. The summed E-state index contributed by atoms with van der Waals surface area (Å²) < 4.78 is 0. The van der Waals surface area contributed by atoms with Gasteiger partial charge in [-0.1, -0.05) is 18.7 Å². The number of hydrogen-bond acceptors (Lipinski definition) is 2. The molecule has 2 aromatic rings. The Morgan fingerprint density at radius 2 is 1.94 bits per heavy atom. The van der Waals surface area contributed by atoms with Crippen LogP contribution in [0.15, 0.2) is 30.8 Å². The van der Waals surface area contributed by atoms with Crippen LogP contribution in [0.3, 0.4) is 0 Å². The minimum atomic E-state index is 0.582. The molecule has 88 valence electrons. The molecular formula is C14H17N3. The first-order chi connectivity index (χ1) is 8.33. The SMILES string of the molecule is C#C.C=Cc1cc2ccc(CN)cc2[nH]1.C=N. The van der Waals surface area contributed by atoms with Gasteiger partial charge in [0.1, 0.15) is 0 Å². The van der Waals surface area contributed by atoms with Crippen molar-refractivity contribution in [3.8, 4) is 12.8 Å². The van der Waals surface area contributed by atoms with Crippen LogP contribution in [0.2, 0.25) is 0 Å². The average Bonchev–Trinajstić information content (AvgIpc) is 2.85. The van der Waals surface area contributed by atoms with Gasteiger partial charge in [-0.15, -0.1) is 12.8 Å². The van der Waals surface area contributed by atoms with Crippen LogP contribution in [0.5, 0.6) is 0 Å². The molecule has 0 atom stereocenters. The molecule has 0 bridgehead atoms. The molecule has 0 aliphatic heterocycles. The molecule has 0 spiro atoms. The van der Waals surface area contributed by atoms with Crippen LogP contribution in [0.4, 0.5) is 0 Å². The smallest absolute Gasteiger partial charge is 0.0461 e. The normalized spacial score (nSPS) is 8.41. The van der Waals surface area contributed by atoms with E-state index in [4.69, 9.17) is 11.1 Å². The molecular weight excluding hydrogens is 210 g/mol. The second-order valence-electron chi connectivity index (χ2n) is 3.05. The Morgan fingerprint density at radius 3 is 2.47 bits per heavy atom. The maximum Gasteiger partial charge on any atom is 0.0461 e. The molecule has 0 amide bonds. The van der Waals surface area contributed by atoms with Crippen LogP contribution in [-0.2, 0) is 6.54 Å². The highest BCUT2D eigenvalue weighted by Crippen LogP contribution is 2.17. The van der Waals surface area contributed by atoms with E-state index in [1.807, 2.05) is 12.1 Å². The molecule has 1 aromatic carbocycles. The molecule has 2 rings (SSSR count). The van der Waals surface area contributed by atoms with Crippen LogP contribution in [0, 0.1) is 18.3 Å². The number of nitrogens with one attached hydrogen (secondary N) is 2. The summed E-state index contributed by atoms with van der Waals surface area (Å²) in [5.41, 5.74) is 8.86. The summed E-state index contributed by atoms with van der Waals surface area (Å²) in [6.07, 6.45) is 9.81. The van der Waals surface area contributed by atoms with Crippen molar-refractivity contribution in [2.24, 2.45) is 5.73 Å². The van der Waals surface area contributed by atoms with E-state index in [0.717, 1.165) is 16.8 Å². The number of nitrogens with two attached hydrogens (primary N) is 1. The zero-order valence-electron chi connectivity index (χ0n) is 9.74. The highest BCUT2D eigenvalue weighted by atomic mass is 14.7. The average molecular weight is 227 g/mol. The summed E-state index contributed by atoms with van der Waals surface area (Å²) in [5.74, 6) is 0. The predicted octanol–water partition coefficient (Wildman–Crippen LogP) is 2.78. The molecule has 0 radical (unpaired) electrons.